The largest absolute Gasteiger partial charge is 0.488 e. The summed E-state index contributed by atoms with van der Waals surface area (Å²) in [7, 11) is -5.05. The van der Waals surface area contributed by atoms with Crippen molar-refractivity contribution in [3.8, 4) is 0 Å². The van der Waals surface area contributed by atoms with Crippen molar-refractivity contribution in [2.24, 2.45) is 0 Å². The van der Waals surface area contributed by atoms with E-state index in [1.54, 1.807) is 13.8 Å². The van der Waals surface area contributed by atoms with E-state index in [4.69, 9.17) is 0 Å². The van der Waals surface area contributed by atoms with Crippen LogP contribution in [0.2, 0.25) is 0 Å². The van der Waals surface area contributed by atoms with E-state index in [0.717, 1.165) is 12.8 Å². The van der Waals surface area contributed by atoms with E-state index in [-0.39, 0.29) is 0 Å². The van der Waals surface area contributed by atoms with E-state index in [9.17, 15) is 18.5 Å². The molecule has 104 valence electrons. The molecule has 0 unspecified atom stereocenters. The molecule has 0 saturated carbocycles. The number of hydrogen-bond acceptors (Lipinski definition) is 4. The molecule has 0 atom stereocenters. The van der Waals surface area contributed by atoms with Crippen LogP contribution in [0.4, 0.5) is 0 Å². The third-order valence-corrected chi connectivity index (χ3v) is 5.65. The summed E-state index contributed by atoms with van der Waals surface area (Å²) in [6.45, 7) is 4.49. The molecule has 1 aliphatic heterocycles. The van der Waals surface area contributed by atoms with Gasteiger partial charge in [-0.1, -0.05) is 12.1 Å². The quantitative estimate of drug-likeness (QED) is 0.751. The molecular formula is C12H18BNO4S. The minimum absolute atomic E-state index is 0.291. The first-order chi connectivity index (χ1) is 8.84. The topological polar surface area (TPSA) is 77.8 Å². The SMILES string of the molecule is Cc1cc(B(O)O)cc(C)c1S(=O)(=O)N1CCCC1. The van der Waals surface area contributed by atoms with Gasteiger partial charge in [-0.25, -0.2) is 8.42 Å². The van der Waals surface area contributed by atoms with Crippen LogP contribution < -0.4 is 5.46 Å². The zero-order valence-electron chi connectivity index (χ0n) is 11.1. The Morgan fingerprint density at radius 1 is 1.11 bits per heavy atom. The van der Waals surface area contributed by atoms with E-state index in [2.05, 4.69) is 0 Å². The van der Waals surface area contributed by atoms with Crippen LogP contribution in [0, 0.1) is 13.8 Å². The summed E-state index contributed by atoms with van der Waals surface area (Å²) in [5.41, 5.74) is 1.42. The zero-order valence-corrected chi connectivity index (χ0v) is 11.9. The number of sulfonamides is 1. The van der Waals surface area contributed by atoms with Crippen LogP contribution in [0.3, 0.4) is 0 Å². The Hall–Kier alpha value is -0.885. The summed E-state index contributed by atoms with van der Waals surface area (Å²) < 4.78 is 26.6. The molecule has 1 heterocycles. The van der Waals surface area contributed by atoms with Gasteiger partial charge in [0.15, 0.2) is 0 Å². The van der Waals surface area contributed by atoms with Gasteiger partial charge < -0.3 is 10.0 Å². The fraction of sp³-hybridized carbons (Fsp3) is 0.500. The molecule has 0 amide bonds. The van der Waals surface area contributed by atoms with E-state index in [1.807, 2.05) is 0 Å². The lowest BCUT2D eigenvalue weighted by Crippen LogP contribution is -2.33. The summed E-state index contributed by atoms with van der Waals surface area (Å²) in [6, 6.07) is 3.03. The minimum Gasteiger partial charge on any atom is -0.423 e. The van der Waals surface area contributed by atoms with Crippen LogP contribution in [-0.2, 0) is 10.0 Å². The second kappa shape index (κ2) is 5.24. The Balaban J connectivity index is 2.51. The molecule has 5 nitrogen and oxygen atoms in total. The maximum atomic E-state index is 12.6. The van der Waals surface area contributed by atoms with E-state index in [0.29, 0.717) is 34.6 Å². The van der Waals surface area contributed by atoms with Crippen molar-refractivity contribution in [3.05, 3.63) is 23.3 Å². The van der Waals surface area contributed by atoms with Crippen LogP contribution in [0.5, 0.6) is 0 Å². The molecule has 19 heavy (non-hydrogen) atoms. The van der Waals surface area contributed by atoms with Gasteiger partial charge in [-0.3, -0.25) is 0 Å². The van der Waals surface area contributed by atoms with Crippen molar-refractivity contribution < 1.29 is 18.5 Å². The molecule has 0 radical (unpaired) electrons. The molecule has 1 aromatic carbocycles. The number of aryl methyl sites for hydroxylation is 2. The van der Waals surface area contributed by atoms with Crippen molar-refractivity contribution in [2.45, 2.75) is 31.6 Å². The maximum absolute atomic E-state index is 12.6. The second-order valence-electron chi connectivity index (χ2n) is 4.97. The third-order valence-electron chi connectivity index (χ3n) is 3.44. The standard InChI is InChI=1S/C12H18BNO4S/c1-9-7-11(13(15)16)8-10(2)12(9)19(17,18)14-5-3-4-6-14/h7-8,15-16H,3-6H2,1-2H3. The molecule has 1 aliphatic rings. The van der Waals surface area contributed by atoms with Crippen LogP contribution in [-0.4, -0.2) is 43.0 Å². The van der Waals surface area contributed by atoms with Crippen molar-refractivity contribution >= 4 is 22.6 Å². The predicted octanol–water partition coefficient (Wildman–Crippen LogP) is -0.232. The normalized spacial score (nSPS) is 16.8. The van der Waals surface area contributed by atoms with Crippen molar-refractivity contribution in [1.82, 2.24) is 4.31 Å². The lowest BCUT2D eigenvalue weighted by atomic mass is 9.79. The monoisotopic (exact) mass is 283 g/mol. The van der Waals surface area contributed by atoms with Gasteiger partial charge in [0.2, 0.25) is 10.0 Å². The number of benzene rings is 1. The molecule has 0 spiro atoms. The molecular weight excluding hydrogens is 265 g/mol. The molecule has 2 N–H and O–H groups in total. The van der Waals surface area contributed by atoms with E-state index < -0.39 is 17.1 Å². The number of rotatable bonds is 3. The molecule has 0 aliphatic carbocycles. The van der Waals surface area contributed by atoms with Crippen molar-refractivity contribution in [2.75, 3.05) is 13.1 Å². The Morgan fingerprint density at radius 2 is 1.58 bits per heavy atom. The van der Waals surface area contributed by atoms with Crippen LogP contribution in [0.1, 0.15) is 24.0 Å². The maximum Gasteiger partial charge on any atom is 0.488 e. The predicted molar refractivity (Wildman–Crippen MR) is 73.7 cm³/mol. The Labute approximate surface area is 114 Å². The van der Waals surface area contributed by atoms with Gasteiger partial charge in [0, 0.05) is 13.1 Å². The van der Waals surface area contributed by atoms with Gasteiger partial charge in [0.25, 0.3) is 0 Å². The first kappa shape index (κ1) is 14.5. The molecule has 0 aromatic heterocycles. The highest BCUT2D eigenvalue weighted by Crippen LogP contribution is 2.25. The van der Waals surface area contributed by atoms with Crippen LogP contribution in [0.15, 0.2) is 17.0 Å². The van der Waals surface area contributed by atoms with Crippen molar-refractivity contribution in [3.63, 3.8) is 0 Å². The summed E-state index contributed by atoms with van der Waals surface area (Å²) in [5, 5.41) is 18.3. The van der Waals surface area contributed by atoms with Gasteiger partial charge >= 0.3 is 7.12 Å². The number of nitrogens with zero attached hydrogens (tertiary/aromatic N) is 1. The van der Waals surface area contributed by atoms with Crippen LogP contribution in [0.25, 0.3) is 0 Å². The van der Waals surface area contributed by atoms with Gasteiger partial charge in [0.05, 0.1) is 4.90 Å². The summed E-state index contributed by atoms with van der Waals surface area (Å²) >= 11 is 0. The average Bonchev–Trinajstić information content (AvgIpc) is 2.81. The Morgan fingerprint density at radius 3 is 2.00 bits per heavy atom. The van der Waals surface area contributed by atoms with E-state index in [1.165, 1.54) is 16.4 Å². The molecule has 1 aromatic rings. The summed E-state index contributed by atoms with van der Waals surface area (Å²) in [6.07, 6.45) is 1.79. The molecule has 1 saturated heterocycles. The van der Waals surface area contributed by atoms with Gasteiger partial charge in [-0.2, -0.15) is 4.31 Å². The van der Waals surface area contributed by atoms with Gasteiger partial charge in [-0.05, 0) is 43.3 Å². The second-order valence-corrected chi connectivity index (χ2v) is 6.84. The van der Waals surface area contributed by atoms with E-state index >= 15 is 0 Å². The van der Waals surface area contributed by atoms with Crippen LogP contribution >= 0.6 is 0 Å². The van der Waals surface area contributed by atoms with Crippen molar-refractivity contribution in [1.29, 1.82) is 0 Å². The molecule has 2 rings (SSSR count). The minimum atomic E-state index is -3.47. The summed E-state index contributed by atoms with van der Waals surface area (Å²) in [5.74, 6) is 0. The first-order valence-electron chi connectivity index (χ1n) is 6.31. The fourth-order valence-electron chi connectivity index (χ4n) is 2.60. The number of hydrogen-bond donors (Lipinski definition) is 2. The zero-order chi connectivity index (χ0) is 14.2. The Kier molecular flexibility index (Phi) is 4.01. The molecule has 1 fully saturated rings. The highest BCUT2D eigenvalue weighted by Gasteiger charge is 2.30. The third kappa shape index (κ3) is 2.69. The fourth-order valence-corrected chi connectivity index (χ4v) is 4.53. The molecule has 7 heteroatoms. The lowest BCUT2D eigenvalue weighted by molar-refractivity contribution is 0.425. The molecule has 0 bridgehead atoms. The van der Waals surface area contributed by atoms with Gasteiger partial charge in [-0.15, -0.1) is 0 Å². The lowest BCUT2D eigenvalue weighted by Gasteiger charge is -2.19. The Bertz CT molecular complexity index is 556. The highest BCUT2D eigenvalue weighted by molar-refractivity contribution is 7.89. The highest BCUT2D eigenvalue weighted by atomic mass is 32.2. The average molecular weight is 283 g/mol. The first-order valence-corrected chi connectivity index (χ1v) is 7.75. The summed E-state index contributed by atoms with van der Waals surface area (Å²) in [4.78, 5) is 0.291. The smallest absolute Gasteiger partial charge is 0.423 e. The van der Waals surface area contributed by atoms with Gasteiger partial charge in [0.1, 0.15) is 0 Å².